The molecule has 2 aromatic rings. The molecule has 0 atom stereocenters. The number of amides is 1. The molecule has 0 spiro atoms. The van der Waals surface area contributed by atoms with Crippen LogP contribution in [0, 0.1) is 0 Å². The minimum atomic E-state index is -0.365. The molecule has 0 unspecified atom stereocenters. The van der Waals surface area contributed by atoms with Crippen molar-refractivity contribution in [2.45, 2.75) is 6.42 Å². The average molecular weight is 349 g/mol. The second kappa shape index (κ2) is 6.99. The number of benzene rings is 1. The summed E-state index contributed by atoms with van der Waals surface area (Å²) in [6.45, 7) is 0. The number of rotatable bonds is 4. The van der Waals surface area contributed by atoms with Crippen molar-refractivity contribution >= 4 is 33.5 Å². The van der Waals surface area contributed by atoms with E-state index >= 15 is 0 Å². The molecular formula is C15H13BrN2O3. The molecule has 1 N–H and O–H groups in total. The van der Waals surface area contributed by atoms with Crippen molar-refractivity contribution in [3.8, 4) is 0 Å². The van der Waals surface area contributed by atoms with Gasteiger partial charge in [0.15, 0.2) is 0 Å². The first-order valence-corrected chi connectivity index (χ1v) is 6.97. The maximum absolute atomic E-state index is 12.2. The van der Waals surface area contributed by atoms with Crippen LogP contribution in [-0.2, 0) is 16.0 Å². The van der Waals surface area contributed by atoms with Gasteiger partial charge in [0.1, 0.15) is 5.69 Å². The van der Waals surface area contributed by atoms with Crippen LogP contribution in [0.3, 0.4) is 0 Å². The number of carbonyl (C=O) groups excluding carboxylic acids is 2. The Morgan fingerprint density at radius 3 is 2.71 bits per heavy atom. The van der Waals surface area contributed by atoms with Crippen LogP contribution in [0.4, 0.5) is 5.69 Å². The van der Waals surface area contributed by atoms with Gasteiger partial charge in [-0.3, -0.25) is 9.59 Å². The van der Waals surface area contributed by atoms with E-state index in [1.165, 1.54) is 7.11 Å². The molecule has 0 saturated heterocycles. The van der Waals surface area contributed by atoms with E-state index in [0.717, 1.165) is 0 Å². The number of hydrogen-bond donors (Lipinski definition) is 1. The van der Waals surface area contributed by atoms with Crippen molar-refractivity contribution in [1.82, 2.24) is 4.98 Å². The number of aromatic nitrogens is 1. The summed E-state index contributed by atoms with van der Waals surface area (Å²) in [4.78, 5) is 27.6. The molecule has 1 aromatic carbocycles. The van der Waals surface area contributed by atoms with Crippen LogP contribution in [0.2, 0.25) is 0 Å². The van der Waals surface area contributed by atoms with Crippen molar-refractivity contribution in [1.29, 1.82) is 0 Å². The maximum Gasteiger partial charge on any atom is 0.310 e. The van der Waals surface area contributed by atoms with Gasteiger partial charge < -0.3 is 10.1 Å². The van der Waals surface area contributed by atoms with Crippen LogP contribution in [-0.4, -0.2) is 24.0 Å². The van der Waals surface area contributed by atoms with Crippen LogP contribution >= 0.6 is 15.9 Å². The normalized spacial score (nSPS) is 10.0. The number of hydrogen-bond acceptors (Lipinski definition) is 4. The molecule has 6 heteroatoms. The van der Waals surface area contributed by atoms with E-state index in [1.54, 1.807) is 42.6 Å². The van der Waals surface area contributed by atoms with E-state index in [-0.39, 0.29) is 24.0 Å². The molecule has 0 aliphatic rings. The number of esters is 1. The molecule has 0 fully saturated rings. The topological polar surface area (TPSA) is 68.3 Å². The second-order valence-corrected chi connectivity index (χ2v) is 5.05. The van der Waals surface area contributed by atoms with Gasteiger partial charge in [-0.25, -0.2) is 4.98 Å². The summed E-state index contributed by atoms with van der Waals surface area (Å²) < 4.78 is 5.25. The summed E-state index contributed by atoms with van der Waals surface area (Å²) in [5, 5.41) is 2.76. The van der Waals surface area contributed by atoms with Gasteiger partial charge in [0.05, 0.1) is 13.5 Å². The number of nitrogens with one attached hydrogen (secondary N) is 1. The third-order valence-corrected chi connectivity index (χ3v) is 3.44. The minimum Gasteiger partial charge on any atom is -0.469 e. The molecule has 0 saturated carbocycles. The zero-order valence-electron chi connectivity index (χ0n) is 11.3. The van der Waals surface area contributed by atoms with Gasteiger partial charge in [-0.1, -0.05) is 18.2 Å². The Kier molecular flexibility index (Phi) is 5.05. The summed E-state index contributed by atoms with van der Waals surface area (Å²) >= 11 is 3.28. The summed E-state index contributed by atoms with van der Waals surface area (Å²) in [6, 6.07) is 10.5. The molecule has 0 radical (unpaired) electrons. The first-order chi connectivity index (χ1) is 10.1. The largest absolute Gasteiger partial charge is 0.469 e. The summed E-state index contributed by atoms with van der Waals surface area (Å²) in [6.07, 6.45) is 1.64. The Morgan fingerprint density at radius 2 is 2.00 bits per heavy atom. The van der Waals surface area contributed by atoms with Crippen LogP contribution < -0.4 is 5.32 Å². The lowest BCUT2D eigenvalue weighted by Crippen LogP contribution is -2.16. The Hall–Kier alpha value is -2.21. The quantitative estimate of drug-likeness (QED) is 0.862. The van der Waals surface area contributed by atoms with Crippen molar-refractivity contribution in [2.75, 3.05) is 12.4 Å². The molecular weight excluding hydrogens is 336 g/mol. The SMILES string of the molecule is COC(=O)Cc1ccccc1NC(=O)c1ncccc1Br. The molecule has 1 amide bonds. The molecule has 0 bridgehead atoms. The number of pyridine rings is 1. The fourth-order valence-corrected chi connectivity index (χ4v) is 2.19. The Morgan fingerprint density at radius 1 is 1.24 bits per heavy atom. The van der Waals surface area contributed by atoms with Gasteiger partial charge in [-0.15, -0.1) is 0 Å². The Labute approximate surface area is 130 Å². The van der Waals surface area contributed by atoms with E-state index in [0.29, 0.717) is 15.7 Å². The summed E-state index contributed by atoms with van der Waals surface area (Å²) in [5.74, 6) is -0.712. The number of carbonyl (C=O) groups is 2. The van der Waals surface area contributed by atoms with E-state index < -0.39 is 0 Å². The summed E-state index contributed by atoms with van der Waals surface area (Å²) in [5.41, 5.74) is 1.53. The number of para-hydroxylation sites is 1. The first kappa shape index (κ1) is 15.2. The van der Waals surface area contributed by atoms with E-state index in [1.807, 2.05) is 0 Å². The molecule has 108 valence electrons. The average Bonchev–Trinajstić information content (AvgIpc) is 2.49. The van der Waals surface area contributed by atoms with Gasteiger partial charge in [0.2, 0.25) is 0 Å². The molecule has 1 aromatic heterocycles. The standard InChI is InChI=1S/C15H13BrN2O3/c1-21-13(19)9-10-5-2-3-7-12(10)18-15(20)14-11(16)6-4-8-17-14/h2-8H,9H2,1H3,(H,18,20). The number of anilines is 1. The number of nitrogens with zero attached hydrogens (tertiary/aromatic N) is 1. The molecule has 21 heavy (non-hydrogen) atoms. The van der Waals surface area contributed by atoms with Crippen LogP contribution in [0.25, 0.3) is 0 Å². The highest BCUT2D eigenvalue weighted by molar-refractivity contribution is 9.10. The van der Waals surface area contributed by atoms with Crippen LogP contribution in [0.5, 0.6) is 0 Å². The molecule has 0 aliphatic carbocycles. The van der Waals surface area contributed by atoms with Crippen LogP contribution in [0.15, 0.2) is 47.1 Å². The van der Waals surface area contributed by atoms with Crippen molar-refractivity contribution in [3.05, 3.63) is 58.3 Å². The highest BCUT2D eigenvalue weighted by Crippen LogP contribution is 2.19. The maximum atomic E-state index is 12.2. The second-order valence-electron chi connectivity index (χ2n) is 4.20. The Bertz CT molecular complexity index is 673. The van der Waals surface area contributed by atoms with E-state index in [2.05, 4.69) is 31.0 Å². The van der Waals surface area contributed by atoms with E-state index in [4.69, 9.17) is 0 Å². The highest BCUT2D eigenvalue weighted by atomic mass is 79.9. The zero-order valence-corrected chi connectivity index (χ0v) is 12.9. The molecule has 5 nitrogen and oxygen atoms in total. The first-order valence-electron chi connectivity index (χ1n) is 6.18. The fraction of sp³-hybridized carbons (Fsp3) is 0.133. The molecule has 2 rings (SSSR count). The van der Waals surface area contributed by atoms with Gasteiger partial charge in [-0.2, -0.15) is 0 Å². The zero-order chi connectivity index (χ0) is 15.2. The molecule has 0 aliphatic heterocycles. The molecule has 1 heterocycles. The number of halogens is 1. The van der Waals surface area contributed by atoms with Gasteiger partial charge in [-0.05, 0) is 39.7 Å². The predicted octanol–water partition coefficient (Wildman–Crippen LogP) is 2.81. The number of methoxy groups -OCH3 is 1. The lowest BCUT2D eigenvalue weighted by atomic mass is 10.1. The third-order valence-electron chi connectivity index (χ3n) is 2.80. The smallest absolute Gasteiger partial charge is 0.310 e. The lowest BCUT2D eigenvalue weighted by Gasteiger charge is -2.10. The fourth-order valence-electron chi connectivity index (χ4n) is 1.76. The highest BCUT2D eigenvalue weighted by Gasteiger charge is 2.14. The lowest BCUT2D eigenvalue weighted by molar-refractivity contribution is -0.139. The van der Waals surface area contributed by atoms with Gasteiger partial charge >= 0.3 is 5.97 Å². The number of ether oxygens (including phenoxy) is 1. The van der Waals surface area contributed by atoms with Crippen molar-refractivity contribution < 1.29 is 14.3 Å². The minimum absolute atomic E-state index is 0.0936. The third kappa shape index (κ3) is 3.88. The predicted molar refractivity (Wildman–Crippen MR) is 82.1 cm³/mol. The monoisotopic (exact) mass is 348 g/mol. The van der Waals surface area contributed by atoms with Crippen LogP contribution in [0.1, 0.15) is 16.1 Å². The van der Waals surface area contributed by atoms with Crippen molar-refractivity contribution in [3.63, 3.8) is 0 Å². The van der Waals surface area contributed by atoms with E-state index in [9.17, 15) is 9.59 Å². The Balaban J connectivity index is 2.22. The summed E-state index contributed by atoms with van der Waals surface area (Å²) in [7, 11) is 1.33. The van der Waals surface area contributed by atoms with Crippen molar-refractivity contribution in [2.24, 2.45) is 0 Å². The van der Waals surface area contributed by atoms with Gasteiger partial charge in [0.25, 0.3) is 5.91 Å². The van der Waals surface area contributed by atoms with Gasteiger partial charge in [0, 0.05) is 16.4 Å².